The first-order chi connectivity index (χ1) is 7.75. The molecule has 2 aromatic rings. The lowest BCUT2D eigenvalue weighted by Crippen LogP contribution is -2.10. The van der Waals surface area contributed by atoms with Gasteiger partial charge in [0.05, 0.1) is 0 Å². The molecule has 0 fully saturated rings. The van der Waals surface area contributed by atoms with Crippen molar-refractivity contribution in [2.75, 3.05) is 0 Å². The lowest BCUT2D eigenvalue weighted by Gasteiger charge is -2.03. The molecule has 4 nitrogen and oxygen atoms in total. The van der Waals surface area contributed by atoms with Crippen molar-refractivity contribution in [1.29, 1.82) is 0 Å². The van der Waals surface area contributed by atoms with Crippen molar-refractivity contribution in [3.8, 4) is 5.75 Å². The molecule has 0 N–H and O–H groups in total. The molecule has 0 unspecified atom stereocenters. The second-order valence-electron chi connectivity index (χ2n) is 2.94. The third kappa shape index (κ3) is 2.55. The highest BCUT2D eigenvalue weighted by Crippen LogP contribution is 2.17. The number of halogens is 1. The van der Waals surface area contributed by atoms with Crippen molar-refractivity contribution in [3.63, 3.8) is 0 Å². The number of esters is 1. The molecule has 0 spiro atoms. The molecule has 1 aromatic carbocycles. The number of nitrogens with zero attached hydrogens (tertiary/aromatic N) is 2. The smallest absolute Gasteiger partial charge is 0.362 e. The van der Waals surface area contributed by atoms with Gasteiger partial charge in [-0.1, -0.05) is 17.7 Å². The van der Waals surface area contributed by atoms with E-state index in [4.69, 9.17) is 16.3 Å². The molecule has 0 amide bonds. The van der Waals surface area contributed by atoms with E-state index in [2.05, 4.69) is 9.97 Å². The third-order valence-electron chi connectivity index (χ3n) is 1.80. The molecule has 0 bridgehead atoms. The molecule has 5 heteroatoms. The van der Waals surface area contributed by atoms with Gasteiger partial charge in [-0.3, -0.25) is 0 Å². The van der Waals surface area contributed by atoms with E-state index in [9.17, 15) is 4.79 Å². The van der Waals surface area contributed by atoms with Crippen LogP contribution in [-0.4, -0.2) is 15.9 Å². The quantitative estimate of drug-likeness (QED) is 0.591. The van der Waals surface area contributed by atoms with Gasteiger partial charge in [-0.05, 0) is 24.3 Å². The Bertz CT molecular complexity index is 502. The van der Waals surface area contributed by atoms with Gasteiger partial charge in [0.25, 0.3) is 0 Å². The van der Waals surface area contributed by atoms with Crippen LogP contribution in [0.2, 0.25) is 5.02 Å². The van der Waals surface area contributed by atoms with Crippen molar-refractivity contribution >= 4 is 17.6 Å². The molecule has 0 radical (unpaired) electrons. The monoisotopic (exact) mass is 234 g/mol. The van der Waals surface area contributed by atoms with Crippen molar-refractivity contribution in [3.05, 3.63) is 53.6 Å². The Morgan fingerprint density at radius 2 is 2.19 bits per heavy atom. The van der Waals surface area contributed by atoms with Gasteiger partial charge in [0.2, 0.25) is 0 Å². The highest BCUT2D eigenvalue weighted by atomic mass is 35.5. The van der Waals surface area contributed by atoms with E-state index in [1.807, 2.05) is 0 Å². The Kier molecular flexibility index (Phi) is 3.12. The highest BCUT2D eigenvalue weighted by Gasteiger charge is 2.09. The summed E-state index contributed by atoms with van der Waals surface area (Å²) < 4.78 is 5.07. The second-order valence-corrected chi connectivity index (χ2v) is 3.38. The van der Waals surface area contributed by atoms with Crippen LogP contribution in [0, 0.1) is 0 Å². The number of ether oxygens (including phenoxy) is 1. The Morgan fingerprint density at radius 1 is 1.31 bits per heavy atom. The fraction of sp³-hybridized carbons (Fsp3) is 0. The molecule has 0 aliphatic heterocycles. The lowest BCUT2D eigenvalue weighted by molar-refractivity contribution is 0.0728. The fourth-order valence-corrected chi connectivity index (χ4v) is 1.28. The predicted molar refractivity (Wildman–Crippen MR) is 58.4 cm³/mol. The number of hydrogen-bond acceptors (Lipinski definition) is 4. The third-order valence-corrected chi connectivity index (χ3v) is 2.03. The van der Waals surface area contributed by atoms with Crippen LogP contribution in [0.4, 0.5) is 0 Å². The Balaban J connectivity index is 2.14. The zero-order valence-electron chi connectivity index (χ0n) is 8.13. The van der Waals surface area contributed by atoms with E-state index in [1.54, 1.807) is 24.3 Å². The van der Waals surface area contributed by atoms with Crippen LogP contribution in [0.15, 0.2) is 42.9 Å². The maximum absolute atomic E-state index is 11.6. The first-order valence-corrected chi connectivity index (χ1v) is 4.87. The topological polar surface area (TPSA) is 52.1 Å². The zero-order chi connectivity index (χ0) is 11.4. The summed E-state index contributed by atoms with van der Waals surface area (Å²) in [6.45, 7) is 0. The molecule has 1 heterocycles. The highest BCUT2D eigenvalue weighted by molar-refractivity contribution is 6.30. The van der Waals surface area contributed by atoms with Crippen LogP contribution < -0.4 is 4.74 Å². The average molecular weight is 235 g/mol. The summed E-state index contributed by atoms with van der Waals surface area (Å²) in [6.07, 6.45) is 2.76. The summed E-state index contributed by atoms with van der Waals surface area (Å²) in [5.41, 5.74) is 0.204. The minimum absolute atomic E-state index is 0.204. The molecule has 0 aliphatic carbocycles. The Hall–Kier alpha value is -1.94. The Labute approximate surface area is 96.9 Å². The number of carbonyl (C=O) groups excluding carboxylic acids is 1. The summed E-state index contributed by atoms with van der Waals surface area (Å²) in [4.78, 5) is 19.1. The standard InChI is InChI=1S/C11H7ClN2O2/c12-8-2-1-3-9(6-8)16-11(15)10-4-5-13-7-14-10/h1-7H. The molecule has 1 aromatic heterocycles. The predicted octanol–water partition coefficient (Wildman–Crippen LogP) is 2.35. The first kappa shape index (κ1) is 10.6. The van der Waals surface area contributed by atoms with E-state index in [0.29, 0.717) is 10.8 Å². The van der Waals surface area contributed by atoms with Crippen LogP contribution in [-0.2, 0) is 0 Å². The van der Waals surface area contributed by atoms with Crippen molar-refractivity contribution in [2.24, 2.45) is 0 Å². The molecule has 16 heavy (non-hydrogen) atoms. The summed E-state index contributed by atoms with van der Waals surface area (Å²) in [6, 6.07) is 8.08. The van der Waals surface area contributed by atoms with Gasteiger partial charge < -0.3 is 4.74 Å². The maximum Gasteiger partial charge on any atom is 0.362 e. The summed E-state index contributed by atoms with van der Waals surface area (Å²) in [5, 5.41) is 0.507. The summed E-state index contributed by atoms with van der Waals surface area (Å²) in [5.74, 6) is -0.152. The number of carbonyl (C=O) groups is 1. The van der Waals surface area contributed by atoms with Gasteiger partial charge in [0, 0.05) is 11.2 Å². The van der Waals surface area contributed by atoms with Crippen LogP contribution >= 0.6 is 11.6 Å². The van der Waals surface area contributed by atoms with Crippen LogP contribution in [0.5, 0.6) is 5.75 Å². The van der Waals surface area contributed by atoms with Crippen molar-refractivity contribution in [2.45, 2.75) is 0 Å². The van der Waals surface area contributed by atoms with Gasteiger partial charge in [-0.2, -0.15) is 0 Å². The zero-order valence-corrected chi connectivity index (χ0v) is 8.89. The average Bonchev–Trinajstić information content (AvgIpc) is 2.30. The largest absolute Gasteiger partial charge is 0.422 e. The normalized spacial score (nSPS) is 9.81. The summed E-state index contributed by atoms with van der Waals surface area (Å²) >= 11 is 5.76. The van der Waals surface area contributed by atoms with E-state index >= 15 is 0 Å². The molecule has 0 saturated heterocycles. The second kappa shape index (κ2) is 4.72. The summed E-state index contributed by atoms with van der Waals surface area (Å²) in [7, 11) is 0. The number of aromatic nitrogens is 2. The van der Waals surface area contributed by atoms with E-state index < -0.39 is 5.97 Å². The number of hydrogen-bond donors (Lipinski definition) is 0. The van der Waals surface area contributed by atoms with Crippen LogP contribution in [0.25, 0.3) is 0 Å². The fourth-order valence-electron chi connectivity index (χ4n) is 1.10. The van der Waals surface area contributed by atoms with E-state index in [-0.39, 0.29) is 5.69 Å². The minimum atomic E-state index is -0.537. The van der Waals surface area contributed by atoms with Gasteiger partial charge >= 0.3 is 5.97 Å². The number of rotatable bonds is 2. The van der Waals surface area contributed by atoms with Crippen molar-refractivity contribution < 1.29 is 9.53 Å². The van der Waals surface area contributed by atoms with Crippen molar-refractivity contribution in [1.82, 2.24) is 9.97 Å². The first-order valence-electron chi connectivity index (χ1n) is 4.49. The molecular weight excluding hydrogens is 228 g/mol. The molecule has 0 atom stereocenters. The molecule has 0 saturated carbocycles. The van der Waals surface area contributed by atoms with Gasteiger partial charge in [-0.25, -0.2) is 14.8 Å². The Morgan fingerprint density at radius 3 is 2.88 bits per heavy atom. The molecule has 80 valence electrons. The molecule has 2 rings (SSSR count). The maximum atomic E-state index is 11.6. The van der Waals surface area contributed by atoms with Gasteiger partial charge in [-0.15, -0.1) is 0 Å². The molecular formula is C11H7ClN2O2. The molecule has 0 aliphatic rings. The van der Waals surface area contributed by atoms with E-state index in [0.717, 1.165) is 0 Å². The van der Waals surface area contributed by atoms with Gasteiger partial charge in [0.1, 0.15) is 12.1 Å². The van der Waals surface area contributed by atoms with Crippen LogP contribution in [0.3, 0.4) is 0 Å². The number of benzene rings is 1. The van der Waals surface area contributed by atoms with Crippen LogP contribution in [0.1, 0.15) is 10.5 Å². The lowest BCUT2D eigenvalue weighted by atomic mass is 10.3. The van der Waals surface area contributed by atoms with E-state index in [1.165, 1.54) is 18.6 Å². The SMILES string of the molecule is O=C(Oc1cccc(Cl)c1)c1ccncn1. The minimum Gasteiger partial charge on any atom is -0.422 e. The van der Waals surface area contributed by atoms with Gasteiger partial charge in [0.15, 0.2) is 5.69 Å².